The Hall–Kier alpha value is -0.820. The molecule has 0 atom stereocenters. The molecule has 0 aliphatic carbocycles. The molecule has 1 nitrogen and oxygen atoms in total. The van der Waals surface area contributed by atoms with E-state index in [9.17, 15) is 0 Å². The monoisotopic (exact) mass is 123 g/mol. The predicted molar refractivity (Wildman–Crippen MR) is 42.1 cm³/mol. The zero-order valence-corrected chi connectivity index (χ0v) is 5.80. The molecule has 0 aliphatic rings. The Morgan fingerprint density at radius 2 is 2.33 bits per heavy atom. The van der Waals surface area contributed by atoms with Crippen LogP contribution in [0.2, 0.25) is 0 Å². The largest absolute Gasteiger partial charge is 0.326 e. The van der Waals surface area contributed by atoms with Crippen molar-refractivity contribution in [3.8, 4) is 0 Å². The van der Waals surface area contributed by atoms with Crippen LogP contribution in [0.4, 0.5) is 0 Å². The van der Waals surface area contributed by atoms with Crippen LogP contribution in [0, 0.1) is 0 Å². The van der Waals surface area contributed by atoms with Gasteiger partial charge in [0.05, 0.1) is 0 Å². The van der Waals surface area contributed by atoms with Gasteiger partial charge in [0.2, 0.25) is 0 Å². The maximum absolute atomic E-state index is 5.38. The Bertz CT molecular complexity index is 132. The van der Waals surface area contributed by atoms with Gasteiger partial charge in [-0.3, -0.25) is 0 Å². The lowest BCUT2D eigenvalue weighted by Gasteiger charge is -1.91. The van der Waals surface area contributed by atoms with Crippen molar-refractivity contribution in [3.63, 3.8) is 0 Å². The lowest BCUT2D eigenvalue weighted by atomic mass is 10.2. The molecule has 0 aromatic carbocycles. The van der Waals surface area contributed by atoms with Gasteiger partial charge in [-0.05, 0) is 12.5 Å². The molecule has 0 aromatic rings. The van der Waals surface area contributed by atoms with Crippen molar-refractivity contribution >= 4 is 0 Å². The molecule has 50 valence electrons. The fraction of sp³-hybridized carbons (Fsp3) is 0.250. The minimum Gasteiger partial charge on any atom is -0.326 e. The number of hydrogen-bond donors (Lipinski definition) is 1. The minimum absolute atomic E-state index is 0.580. The Kier molecular flexibility index (Phi) is 4.83. The van der Waals surface area contributed by atoms with Gasteiger partial charge in [-0.15, -0.1) is 0 Å². The van der Waals surface area contributed by atoms with E-state index in [0.29, 0.717) is 6.54 Å². The standard InChI is InChI=1S/C8H13N/c1-3-5-8(7-9)6-4-2/h3-6H,1,7,9H2,2H3/b6-4-,8-5?. The third kappa shape index (κ3) is 3.74. The molecular formula is C8H13N. The molecule has 0 unspecified atom stereocenters. The molecule has 9 heavy (non-hydrogen) atoms. The van der Waals surface area contributed by atoms with Crippen LogP contribution in [-0.2, 0) is 0 Å². The van der Waals surface area contributed by atoms with E-state index < -0.39 is 0 Å². The molecule has 0 amide bonds. The molecule has 0 spiro atoms. The normalized spacial score (nSPS) is 12.4. The summed E-state index contributed by atoms with van der Waals surface area (Å²) in [6.07, 6.45) is 7.58. The van der Waals surface area contributed by atoms with E-state index in [4.69, 9.17) is 5.73 Å². The molecule has 0 bridgehead atoms. The van der Waals surface area contributed by atoms with Gasteiger partial charge in [-0.25, -0.2) is 0 Å². The smallest absolute Gasteiger partial charge is 0.0177 e. The summed E-state index contributed by atoms with van der Waals surface area (Å²) in [6, 6.07) is 0. The first-order valence-corrected chi connectivity index (χ1v) is 2.99. The van der Waals surface area contributed by atoms with Crippen molar-refractivity contribution in [1.29, 1.82) is 0 Å². The van der Waals surface area contributed by atoms with Gasteiger partial charge >= 0.3 is 0 Å². The molecule has 0 aromatic heterocycles. The number of nitrogens with two attached hydrogens (primary N) is 1. The summed E-state index contributed by atoms with van der Waals surface area (Å²) < 4.78 is 0. The maximum atomic E-state index is 5.38. The van der Waals surface area contributed by atoms with Gasteiger partial charge in [0.15, 0.2) is 0 Å². The fourth-order valence-corrected chi connectivity index (χ4v) is 0.557. The van der Waals surface area contributed by atoms with E-state index in [-0.39, 0.29) is 0 Å². The summed E-state index contributed by atoms with van der Waals surface area (Å²) in [6.45, 7) is 6.11. The number of allylic oxidation sites excluding steroid dienone is 3. The second-order valence-corrected chi connectivity index (χ2v) is 1.68. The number of rotatable bonds is 3. The summed E-state index contributed by atoms with van der Waals surface area (Å²) >= 11 is 0. The van der Waals surface area contributed by atoms with Crippen LogP contribution in [0.5, 0.6) is 0 Å². The van der Waals surface area contributed by atoms with E-state index in [0.717, 1.165) is 5.57 Å². The Morgan fingerprint density at radius 3 is 2.67 bits per heavy atom. The van der Waals surface area contributed by atoms with E-state index in [1.165, 1.54) is 0 Å². The van der Waals surface area contributed by atoms with Crippen LogP contribution in [0.25, 0.3) is 0 Å². The van der Waals surface area contributed by atoms with Crippen LogP contribution < -0.4 is 5.73 Å². The second-order valence-electron chi connectivity index (χ2n) is 1.68. The highest BCUT2D eigenvalue weighted by molar-refractivity contribution is 5.23. The molecular weight excluding hydrogens is 110 g/mol. The zero-order valence-electron chi connectivity index (χ0n) is 5.80. The summed E-state index contributed by atoms with van der Waals surface area (Å²) in [5.41, 5.74) is 6.48. The average Bonchev–Trinajstić information content (AvgIpc) is 1.88. The first kappa shape index (κ1) is 8.18. The quantitative estimate of drug-likeness (QED) is 0.567. The number of hydrogen-bond acceptors (Lipinski definition) is 1. The summed E-state index contributed by atoms with van der Waals surface area (Å²) in [7, 11) is 0. The van der Waals surface area contributed by atoms with Gasteiger partial charge in [0, 0.05) is 6.54 Å². The molecule has 0 saturated heterocycles. The summed E-state index contributed by atoms with van der Waals surface area (Å²) in [4.78, 5) is 0. The van der Waals surface area contributed by atoms with Crippen molar-refractivity contribution in [1.82, 2.24) is 0 Å². The highest BCUT2D eigenvalue weighted by Gasteiger charge is 1.80. The Labute approximate surface area is 56.6 Å². The topological polar surface area (TPSA) is 26.0 Å². The van der Waals surface area contributed by atoms with Gasteiger partial charge in [-0.2, -0.15) is 0 Å². The molecule has 0 aliphatic heterocycles. The molecule has 1 heteroatoms. The van der Waals surface area contributed by atoms with Crippen molar-refractivity contribution < 1.29 is 0 Å². The van der Waals surface area contributed by atoms with Crippen LogP contribution in [0.3, 0.4) is 0 Å². The van der Waals surface area contributed by atoms with Crippen molar-refractivity contribution in [2.45, 2.75) is 6.92 Å². The minimum atomic E-state index is 0.580. The highest BCUT2D eigenvalue weighted by atomic mass is 14.5. The van der Waals surface area contributed by atoms with Crippen LogP contribution in [0.15, 0.2) is 36.5 Å². The first-order valence-electron chi connectivity index (χ1n) is 2.99. The van der Waals surface area contributed by atoms with E-state index in [1.807, 2.05) is 25.2 Å². The van der Waals surface area contributed by atoms with E-state index in [2.05, 4.69) is 6.58 Å². The molecule has 2 N–H and O–H groups in total. The third-order valence-electron chi connectivity index (χ3n) is 0.948. The van der Waals surface area contributed by atoms with Gasteiger partial charge in [0.1, 0.15) is 0 Å². The highest BCUT2D eigenvalue weighted by Crippen LogP contribution is 1.92. The average molecular weight is 123 g/mol. The second kappa shape index (κ2) is 5.32. The Balaban J connectivity index is 3.96. The first-order chi connectivity index (χ1) is 4.35. The van der Waals surface area contributed by atoms with Crippen LogP contribution in [-0.4, -0.2) is 6.54 Å². The van der Waals surface area contributed by atoms with E-state index in [1.54, 1.807) is 6.08 Å². The summed E-state index contributed by atoms with van der Waals surface area (Å²) in [5.74, 6) is 0. The van der Waals surface area contributed by atoms with Crippen LogP contribution >= 0.6 is 0 Å². The Morgan fingerprint density at radius 1 is 1.67 bits per heavy atom. The predicted octanol–water partition coefficient (Wildman–Crippen LogP) is 1.63. The van der Waals surface area contributed by atoms with Crippen molar-refractivity contribution in [2.24, 2.45) is 5.73 Å². The van der Waals surface area contributed by atoms with Crippen molar-refractivity contribution in [2.75, 3.05) is 6.54 Å². The summed E-state index contributed by atoms with van der Waals surface area (Å²) in [5, 5.41) is 0. The zero-order chi connectivity index (χ0) is 7.11. The van der Waals surface area contributed by atoms with Gasteiger partial charge in [0.25, 0.3) is 0 Å². The van der Waals surface area contributed by atoms with E-state index >= 15 is 0 Å². The SMILES string of the molecule is C=CC=C(/C=C\C)CN. The molecule has 0 saturated carbocycles. The van der Waals surface area contributed by atoms with Crippen LogP contribution in [0.1, 0.15) is 6.92 Å². The third-order valence-corrected chi connectivity index (χ3v) is 0.948. The maximum Gasteiger partial charge on any atom is 0.0177 e. The van der Waals surface area contributed by atoms with Crippen molar-refractivity contribution in [3.05, 3.63) is 36.5 Å². The van der Waals surface area contributed by atoms with Gasteiger partial charge in [-0.1, -0.05) is 30.9 Å². The lowest BCUT2D eigenvalue weighted by Crippen LogP contribution is -1.99. The molecule has 0 rings (SSSR count). The molecule has 0 fully saturated rings. The lowest BCUT2D eigenvalue weighted by molar-refractivity contribution is 1.19. The molecule has 0 radical (unpaired) electrons. The van der Waals surface area contributed by atoms with Gasteiger partial charge < -0.3 is 5.73 Å². The fourth-order valence-electron chi connectivity index (χ4n) is 0.557. The molecule has 0 heterocycles.